The predicted molar refractivity (Wildman–Crippen MR) is 91.7 cm³/mol. The number of nitrogens with one attached hydrogen (secondary N) is 2. The van der Waals surface area contributed by atoms with E-state index in [0.717, 1.165) is 43.5 Å². The number of carbonyl (C=O) groups is 1. The summed E-state index contributed by atoms with van der Waals surface area (Å²) in [5.41, 5.74) is 1.76. The highest BCUT2D eigenvalue weighted by Gasteiger charge is 2.14. The highest BCUT2D eigenvalue weighted by molar-refractivity contribution is 7.89. The van der Waals surface area contributed by atoms with E-state index in [1.807, 2.05) is 12.1 Å². The molecule has 0 aromatic heterocycles. The van der Waals surface area contributed by atoms with E-state index in [-0.39, 0.29) is 11.7 Å². The Labute approximate surface area is 138 Å². The second kappa shape index (κ2) is 8.45. The van der Waals surface area contributed by atoms with Gasteiger partial charge in [0.25, 0.3) is 0 Å². The van der Waals surface area contributed by atoms with Gasteiger partial charge in [-0.05, 0) is 49.4 Å². The van der Waals surface area contributed by atoms with Crippen molar-refractivity contribution in [1.29, 1.82) is 0 Å². The smallest absolute Gasteiger partial charge is 0.220 e. The first-order chi connectivity index (χ1) is 10.9. The van der Waals surface area contributed by atoms with Crippen LogP contribution < -0.4 is 10.6 Å². The molecule has 0 unspecified atom stereocenters. The summed E-state index contributed by atoms with van der Waals surface area (Å²) < 4.78 is 22.5. The van der Waals surface area contributed by atoms with E-state index < -0.39 is 9.84 Å². The van der Waals surface area contributed by atoms with Gasteiger partial charge < -0.3 is 10.6 Å². The first kappa shape index (κ1) is 17.9. The highest BCUT2D eigenvalue weighted by Crippen LogP contribution is 2.17. The van der Waals surface area contributed by atoms with Crippen molar-refractivity contribution in [3.05, 3.63) is 35.4 Å². The van der Waals surface area contributed by atoms with Gasteiger partial charge in [0.1, 0.15) is 0 Å². The molecule has 1 amide bonds. The van der Waals surface area contributed by atoms with Crippen molar-refractivity contribution in [1.82, 2.24) is 10.6 Å². The summed E-state index contributed by atoms with van der Waals surface area (Å²) in [5, 5.41) is 6.26. The molecular weight excluding hydrogens is 312 g/mol. The molecule has 0 atom stereocenters. The van der Waals surface area contributed by atoms with Crippen LogP contribution >= 0.6 is 0 Å². The van der Waals surface area contributed by atoms with E-state index in [4.69, 9.17) is 0 Å². The van der Waals surface area contributed by atoms with Gasteiger partial charge in [0.05, 0.1) is 5.75 Å². The van der Waals surface area contributed by atoms with E-state index in [9.17, 15) is 13.2 Å². The molecule has 1 aliphatic heterocycles. The van der Waals surface area contributed by atoms with E-state index in [0.29, 0.717) is 18.9 Å². The van der Waals surface area contributed by atoms with Crippen LogP contribution in [0.3, 0.4) is 0 Å². The van der Waals surface area contributed by atoms with Crippen molar-refractivity contribution in [2.45, 2.75) is 38.0 Å². The number of hydrogen-bond donors (Lipinski definition) is 2. The van der Waals surface area contributed by atoms with Crippen LogP contribution in [0.15, 0.2) is 24.3 Å². The fourth-order valence-corrected chi connectivity index (χ4v) is 3.65. The van der Waals surface area contributed by atoms with Gasteiger partial charge in [-0.15, -0.1) is 0 Å². The van der Waals surface area contributed by atoms with Crippen molar-refractivity contribution in [2.75, 3.05) is 19.3 Å². The molecule has 5 nitrogen and oxygen atoms in total. The molecule has 0 spiro atoms. The summed E-state index contributed by atoms with van der Waals surface area (Å²) >= 11 is 0. The lowest BCUT2D eigenvalue weighted by molar-refractivity contribution is -0.121. The zero-order chi connectivity index (χ0) is 16.7. The maximum absolute atomic E-state index is 11.9. The zero-order valence-electron chi connectivity index (χ0n) is 13.7. The molecule has 1 aromatic carbocycles. The average Bonchev–Trinajstić information content (AvgIpc) is 2.52. The molecule has 2 N–H and O–H groups in total. The van der Waals surface area contributed by atoms with E-state index in [1.54, 1.807) is 12.1 Å². The molecule has 1 aromatic rings. The summed E-state index contributed by atoms with van der Waals surface area (Å²) in [4.78, 5) is 11.9. The van der Waals surface area contributed by atoms with Gasteiger partial charge in [0, 0.05) is 19.2 Å². The number of sulfone groups is 1. The predicted octanol–water partition coefficient (Wildman–Crippen LogP) is 1.63. The Morgan fingerprint density at radius 1 is 1.17 bits per heavy atom. The Morgan fingerprint density at radius 3 is 2.39 bits per heavy atom. The minimum atomic E-state index is -3.01. The molecule has 6 heteroatoms. The van der Waals surface area contributed by atoms with Crippen LogP contribution in [-0.4, -0.2) is 33.7 Å². The SMILES string of the molecule is CS(=O)(=O)Cc1ccc(CNC(=O)CCC2CCNCC2)cc1. The maximum Gasteiger partial charge on any atom is 0.220 e. The minimum absolute atomic E-state index is 0.0515. The van der Waals surface area contributed by atoms with Crippen molar-refractivity contribution in [3.8, 4) is 0 Å². The van der Waals surface area contributed by atoms with Crippen LogP contribution in [0.1, 0.15) is 36.8 Å². The number of piperidine rings is 1. The normalized spacial score (nSPS) is 16.2. The van der Waals surface area contributed by atoms with Crippen molar-refractivity contribution in [2.24, 2.45) is 5.92 Å². The van der Waals surface area contributed by atoms with Gasteiger partial charge in [-0.2, -0.15) is 0 Å². The molecule has 128 valence electrons. The highest BCUT2D eigenvalue weighted by atomic mass is 32.2. The average molecular weight is 338 g/mol. The summed E-state index contributed by atoms with van der Waals surface area (Å²) in [6, 6.07) is 7.34. The molecule has 1 saturated heterocycles. The van der Waals surface area contributed by atoms with Gasteiger partial charge >= 0.3 is 0 Å². The molecule has 0 saturated carbocycles. The third-order valence-corrected chi connectivity index (χ3v) is 5.04. The molecule has 0 aliphatic carbocycles. The Balaban J connectivity index is 1.71. The van der Waals surface area contributed by atoms with Crippen LogP contribution in [-0.2, 0) is 26.9 Å². The second-order valence-electron chi connectivity index (χ2n) is 6.40. The molecule has 1 heterocycles. The fourth-order valence-electron chi connectivity index (χ4n) is 2.85. The molecule has 1 aliphatic rings. The van der Waals surface area contributed by atoms with E-state index in [1.165, 1.54) is 6.26 Å². The summed E-state index contributed by atoms with van der Waals surface area (Å²) in [7, 11) is -3.01. The van der Waals surface area contributed by atoms with Crippen LogP contribution in [0.25, 0.3) is 0 Å². The van der Waals surface area contributed by atoms with Crippen molar-refractivity contribution in [3.63, 3.8) is 0 Å². The van der Waals surface area contributed by atoms with Crippen molar-refractivity contribution < 1.29 is 13.2 Å². The third-order valence-electron chi connectivity index (χ3n) is 4.18. The molecule has 0 bridgehead atoms. The largest absolute Gasteiger partial charge is 0.352 e. The summed E-state index contributed by atoms with van der Waals surface area (Å²) in [5.74, 6) is 0.802. The molecule has 1 fully saturated rings. The summed E-state index contributed by atoms with van der Waals surface area (Å²) in [6.45, 7) is 2.61. The van der Waals surface area contributed by atoms with E-state index in [2.05, 4.69) is 10.6 Å². The zero-order valence-corrected chi connectivity index (χ0v) is 14.5. The Morgan fingerprint density at radius 2 is 1.78 bits per heavy atom. The topological polar surface area (TPSA) is 75.3 Å². The van der Waals surface area contributed by atoms with Gasteiger partial charge in [0.15, 0.2) is 9.84 Å². The van der Waals surface area contributed by atoms with Gasteiger partial charge in [-0.1, -0.05) is 24.3 Å². The standard InChI is InChI=1S/C17H26N2O3S/c1-23(21,22)13-16-4-2-15(3-5-16)12-19-17(20)7-6-14-8-10-18-11-9-14/h2-5,14,18H,6-13H2,1H3,(H,19,20). The Kier molecular flexibility index (Phi) is 6.59. The lowest BCUT2D eigenvalue weighted by atomic mass is 9.93. The fraction of sp³-hybridized carbons (Fsp3) is 0.588. The Hall–Kier alpha value is -1.40. The molecule has 23 heavy (non-hydrogen) atoms. The molecular formula is C17H26N2O3S. The molecule has 2 rings (SSSR count). The first-order valence-electron chi connectivity index (χ1n) is 8.15. The second-order valence-corrected chi connectivity index (χ2v) is 8.54. The monoisotopic (exact) mass is 338 g/mol. The van der Waals surface area contributed by atoms with Gasteiger partial charge in [-0.3, -0.25) is 4.79 Å². The van der Waals surface area contributed by atoms with Gasteiger partial charge in [-0.25, -0.2) is 8.42 Å². The lowest BCUT2D eigenvalue weighted by Gasteiger charge is -2.22. The first-order valence-corrected chi connectivity index (χ1v) is 10.2. The number of hydrogen-bond acceptors (Lipinski definition) is 4. The maximum atomic E-state index is 11.9. The van der Waals surface area contributed by atoms with Crippen LogP contribution in [0, 0.1) is 5.92 Å². The third kappa shape index (κ3) is 7.14. The van der Waals surface area contributed by atoms with Crippen LogP contribution in [0.4, 0.5) is 0 Å². The number of carbonyl (C=O) groups excluding carboxylic acids is 1. The van der Waals surface area contributed by atoms with Crippen molar-refractivity contribution >= 4 is 15.7 Å². The molecule has 0 radical (unpaired) electrons. The number of rotatable bonds is 7. The summed E-state index contributed by atoms with van der Waals surface area (Å²) in [6.07, 6.45) is 5.09. The van der Waals surface area contributed by atoms with Crippen LogP contribution in [0.5, 0.6) is 0 Å². The van der Waals surface area contributed by atoms with Crippen LogP contribution in [0.2, 0.25) is 0 Å². The minimum Gasteiger partial charge on any atom is -0.352 e. The lowest BCUT2D eigenvalue weighted by Crippen LogP contribution is -2.29. The van der Waals surface area contributed by atoms with Gasteiger partial charge in [0.2, 0.25) is 5.91 Å². The Bertz CT molecular complexity index is 605. The number of amides is 1. The van der Waals surface area contributed by atoms with E-state index >= 15 is 0 Å². The quantitative estimate of drug-likeness (QED) is 0.792. The number of benzene rings is 1.